The Morgan fingerprint density at radius 2 is 2.40 bits per heavy atom. The normalized spacial score (nSPS) is 10.8. The molecule has 0 fully saturated rings. The van der Waals surface area contributed by atoms with Gasteiger partial charge in [-0.2, -0.15) is 5.10 Å². The molecule has 2 aromatic heterocycles. The summed E-state index contributed by atoms with van der Waals surface area (Å²) < 4.78 is 11.9. The summed E-state index contributed by atoms with van der Waals surface area (Å²) >= 11 is 0. The van der Waals surface area contributed by atoms with Crippen molar-refractivity contribution in [3.8, 4) is 0 Å². The fourth-order valence-electron chi connectivity index (χ4n) is 1.36. The molecule has 0 saturated heterocycles. The fourth-order valence-corrected chi connectivity index (χ4v) is 1.36. The number of aryl methyl sites for hydroxylation is 1. The zero-order valence-corrected chi connectivity index (χ0v) is 8.80. The van der Waals surface area contributed by atoms with Crippen LogP contribution >= 0.6 is 0 Å². The van der Waals surface area contributed by atoms with Gasteiger partial charge in [0.1, 0.15) is 12.3 Å². The highest BCUT2D eigenvalue weighted by Gasteiger charge is 2.05. The van der Waals surface area contributed by atoms with Crippen LogP contribution in [0.25, 0.3) is 0 Å². The summed E-state index contributed by atoms with van der Waals surface area (Å²) in [6.45, 7) is 3.08. The van der Waals surface area contributed by atoms with Crippen molar-refractivity contribution < 1.29 is 9.26 Å². The van der Waals surface area contributed by atoms with Gasteiger partial charge in [0.05, 0.1) is 6.54 Å². The van der Waals surface area contributed by atoms with Crippen LogP contribution in [-0.2, 0) is 17.9 Å². The number of ether oxygens (including phenoxy) is 1. The zero-order valence-electron chi connectivity index (χ0n) is 8.80. The Morgan fingerprint density at radius 1 is 1.53 bits per heavy atom. The van der Waals surface area contributed by atoms with Crippen LogP contribution in [0.4, 0.5) is 0 Å². The maximum Gasteiger partial charge on any atom is 0.162 e. The number of rotatable bonds is 4. The summed E-state index contributed by atoms with van der Waals surface area (Å²) in [6.07, 6.45) is 1.77. The van der Waals surface area contributed by atoms with E-state index in [-0.39, 0.29) is 0 Å². The quantitative estimate of drug-likeness (QED) is 0.759. The van der Waals surface area contributed by atoms with Gasteiger partial charge >= 0.3 is 0 Å². The van der Waals surface area contributed by atoms with Crippen LogP contribution in [0, 0.1) is 6.92 Å². The molecule has 0 aliphatic carbocycles. The molecule has 80 valence electrons. The third kappa shape index (κ3) is 2.24. The van der Waals surface area contributed by atoms with Crippen molar-refractivity contribution in [2.75, 3.05) is 7.11 Å². The van der Waals surface area contributed by atoms with Crippen molar-refractivity contribution >= 4 is 0 Å². The van der Waals surface area contributed by atoms with Crippen molar-refractivity contribution in [2.45, 2.75) is 20.1 Å². The van der Waals surface area contributed by atoms with E-state index < -0.39 is 0 Å². The Balaban J connectivity index is 2.08. The molecule has 0 radical (unpaired) electrons. The first kappa shape index (κ1) is 9.92. The summed E-state index contributed by atoms with van der Waals surface area (Å²) in [6, 6.07) is 3.83. The van der Waals surface area contributed by atoms with Gasteiger partial charge in [-0.15, -0.1) is 0 Å². The van der Waals surface area contributed by atoms with E-state index in [1.54, 1.807) is 13.3 Å². The average Bonchev–Trinajstić information content (AvgIpc) is 2.79. The Hall–Kier alpha value is -1.62. The molecular formula is C10H13N3O2. The van der Waals surface area contributed by atoms with Crippen molar-refractivity contribution in [3.63, 3.8) is 0 Å². The second kappa shape index (κ2) is 4.27. The van der Waals surface area contributed by atoms with Gasteiger partial charge in [-0.25, -0.2) is 0 Å². The standard InChI is InChI=1S/C10H13N3O2/c1-8-3-4-11-13(8)6-9-5-10(7-14-2)15-12-9/h3-5H,6-7H2,1-2H3. The topological polar surface area (TPSA) is 53.1 Å². The number of nitrogens with zero attached hydrogens (tertiary/aromatic N) is 3. The zero-order chi connectivity index (χ0) is 10.7. The third-order valence-corrected chi connectivity index (χ3v) is 2.14. The van der Waals surface area contributed by atoms with Crippen molar-refractivity contribution in [1.29, 1.82) is 0 Å². The first-order chi connectivity index (χ1) is 7.29. The van der Waals surface area contributed by atoms with E-state index in [1.165, 1.54) is 0 Å². The molecule has 0 aliphatic rings. The predicted molar refractivity (Wildman–Crippen MR) is 53.3 cm³/mol. The van der Waals surface area contributed by atoms with Crippen molar-refractivity contribution in [2.24, 2.45) is 0 Å². The van der Waals surface area contributed by atoms with E-state index in [1.807, 2.05) is 23.7 Å². The molecule has 0 bridgehead atoms. The number of aromatic nitrogens is 3. The van der Waals surface area contributed by atoms with E-state index in [0.717, 1.165) is 17.1 Å². The van der Waals surface area contributed by atoms with Gasteiger partial charge < -0.3 is 9.26 Å². The summed E-state index contributed by atoms with van der Waals surface area (Å²) in [5.41, 5.74) is 1.96. The SMILES string of the molecule is COCc1cc(Cn2nccc2C)no1. The van der Waals surface area contributed by atoms with Crippen LogP contribution < -0.4 is 0 Å². The molecule has 0 spiro atoms. The molecule has 0 unspecified atom stereocenters. The molecule has 0 saturated carbocycles. The number of methoxy groups -OCH3 is 1. The van der Waals surface area contributed by atoms with Crippen LogP contribution in [0.5, 0.6) is 0 Å². The maximum atomic E-state index is 5.08. The monoisotopic (exact) mass is 207 g/mol. The van der Waals surface area contributed by atoms with Gasteiger partial charge in [-0.05, 0) is 13.0 Å². The Labute approximate surface area is 87.6 Å². The van der Waals surface area contributed by atoms with E-state index in [9.17, 15) is 0 Å². The lowest BCUT2D eigenvalue weighted by Crippen LogP contribution is -2.03. The van der Waals surface area contributed by atoms with Crippen LogP contribution in [0.1, 0.15) is 17.1 Å². The Kier molecular flexibility index (Phi) is 2.82. The van der Waals surface area contributed by atoms with Crippen molar-refractivity contribution in [1.82, 2.24) is 14.9 Å². The van der Waals surface area contributed by atoms with E-state index in [0.29, 0.717) is 13.2 Å². The molecule has 2 aromatic rings. The van der Waals surface area contributed by atoms with E-state index in [4.69, 9.17) is 9.26 Å². The highest BCUT2D eigenvalue weighted by atomic mass is 16.5. The Morgan fingerprint density at radius 3 is 3.07 bits per heavy atom. The first-order valence-corrected chi connectivity index (χ1v) is 4.71. The van der Waals surface area contributed by atoms with Gasteiger partial charge in [-0.1, -0.05) is 5.16 Å². The second-order valence-electron chi connectivity index (χ2n) is 3.35. The number of hydrogen-bond donors (Lipinski definition) is 0. The average molecular weight is 207 g/mol. The Bertz CT molecular complexity index is 433. The minimum atomic E-state index is 0.449. The van der Waals surface area contributed by atoms with Crippen LogP contribution in [0.15, 0.2) is 22.9 Å². The highest BCUT2D eigenvalue weighted by Crippen LogP contribution is 2.07. The molecule has 5 nitrogen and oxygen atoms in total. The summed E-state index contributed by atoms with van der Waals surface area (Å²) in [4.78, 5) is 0. The first-order valence-electron chi connectivity index (χ1n) is 4.71. The van der Waals surface area contributed by atoms with Gasteiger partial charge in [0, 0.05) is 25.1 Å². The molecule has 0 N–H and O–H groups in total. The van der Waals surface area contributed by atoms with Gasteiger partial charge in [0.15, 0.2) is 5.76 Å². The van der Waals surface area contributed by atoms with Gasteiger partial charge in [-0.3, -0.25) is 4.68 Å². The molecule has 0 aliphatic heterocycles. The van der Waals surface area contributed by atoms with Crippen LogP contribution in [0.3, 0.4) is 0 Å². The van der Waals surface area contributed by atoms with E-state index in [2.05, 4.69) is 10.3 Å². The lowest BCUT2D eigenvalue weighted by molar-refractivity contribution is 0.155. The van der Waals surface area contributed by atoms with E-state index >= 15 is 0 Å². The molecule has 15 heavy (non-hydrogen) atoms. The highest BCUT2D eigenvalue weighted by molar-refractivity contribution is 5.07. The molecule has 2 heterocycles. The summed E-state index contributed by atoms with van der Waals surface area (Å²) in [7, 11) is 1.62. The fraction of sp³-hybridized carbons (Fsp3) is 0.400. The minimum absolute atomic E-state index is 0.449. The smallest absolute Gasteiger partial charge is 0.162 e. The van der Waals surface area contributed by atoms with Gasteiger partial charge in [0.2, 0.25) is 0 Å². The van der Waals surface area contributed by atoms with Crippen LogP contribution in [-0.4, -0.2) is 22.0 Å². The van der Waals surface area contributed by atoms with Gasteiger partial charge in [0.25, 0.3) is 0 Å². The molecular weight excluding hydrogens is 194 g/mol. The lowest BCUT2D eigenvalue weighted by atomic mass is 10.3. The lowest BCUT2D eigenvalue weighted by Gasteiger charge is -1.99. The maximum absolute atomic E-state index is 5.08. The largest absolute Gasteiger partial charge is 0.377 e. The van der Waals surface area contributed by atoms with Crippen LogP contribution in [0.2, 0.25) is 0 Å². The molecule has 5 heteroatoms. The third-order valence-electron chi connectivity index (χ3n) is 2.14. The van der Waals surface area contributed by atoms with Crippen molar-refractivity contribution in [3.05, 3.63) is 35.5 Å². The summed E-state index contributed by atoms with van der Waals surface area (Å²) in [5, 5.41) is 8.11. The molecule has 2 rings (SSSR count). The molecule has 0 amide bonds. The number of hydrogen-bond acceptors (Lipinski definition) is 4. The molecule has 0 aromatic carbocycles. The second-order valence-corrected chi connectivity index (χ2v) is 3.35. The minimum Gasteiger partial charge on any atom is -0.377 e. The summed E-state index contributed by atoms with van der Waals surface area (Å²) in [5.74, 6) is 0.734. The predicted octanol–water partition coefficient (Wildman–Crippen LogP) is 1.37. The molecule has 0 atom stereocenters.